The Kier molecular flexibility index (Phi) is 5.68. The average molecular weight is 403 g/mol. The SMILES string of the molecule is N#CC1(NC(=O)CSc2nc(-c3ccccc3)c(-c3ccccc3)[nH]2)CCCC1. The fourth-order valence-corrected chi connectivity index (χ4v) is 4.39. The lowest BCUT2D eigenvalue weighted by atomic mass is 10.0. The number of aromatic nitrogens is 2. The summed E-state index contributed by atoms with van der Waals surface area (Å²) in [6, 6.07) is 22.4. The second-order valence-corrected chi connectivity index (χ2v) is 8.20. The monoisotopic (exact) mass is 402 g/mol. The molecule has 1 amide bonds. The predicted octanol–water partition coefficient (Wildman–Crippen LogP) is 4.79. The van der Waals surface area contributed by atoms with Crippen molar-refractivity contribution in [2.75, 3.05) is 5.75 Å². The quantitative estimate of drug-likeness (QED) is 0.581. The van der Waals surface area contributed by atoms with E-state index in [1.807, 2.05) is 60.7 Å². The topological polar surface area (TPSA) is 81.6 Å². The van der Waals surface area contributed by atoms with Gasteiger partial charge < -0.3 is 10.3 Å². The first kappa shape index (κ1) is 19.3. The van der Waals surface area contributed by atoms with E-state index in [-0.39, 0.29) is 11.7 Å². The van der Waals surface area contributed by atoms with E-state index >= 15 is 0 Å². The van der Waals surface area contributed by atoms with Gasteiger partial charge in [-0.1, -0.05) is 72.4 Å². The Hall–Kier alpha value is -3.04. The lowest BCUT2D eigenvalue weighted by molar-refractivity contribution is -0.119. The minimum Gasteiger partial charge on any atom is -0.337 e. The fourth-order valence-electron chi connectivity index (χ4n) is 3.72. The lowest BCUT2D eigenvalue weighted by Gasteiger charge is -2.21. The number of amides is 1. The number of hydrogen-bond donors (Lipinski definition) is 2. The maximum atomic E-state index is 12.4. The van der Waals surface area contributed by atoms with Gasteiger partial charge in [-0.05, 0) is 25.7 Å². The van der Waals surface area contributed by atoms with Crippen LogP contribution in [0.25, 0.3) is 22.5 Å². The summed E-state index contributed by atoms with van der Waals surface area (Å²) < 4.78 is 0. The van der Waals surface area contributed by atoms with Gasteiger partial charge in [0.25, 0.3) is 0 Å². The molecule has 1 aliphatic rings. The van der Waals surface area contributed by atoms with Gasteiger partial charge in [0.15, 0.2) is 5.16 Å². The molecule has 2 N–H and O–H groups in total. The number of nitrogens with zero attached hydrogens (tertiary/aromatic N) is 2. The minimum absolute atomic E-state index is 0.127. The molecule has 0 bridgehead atoms. The third-order valence-electron chi connectivity index (χ3n) is 5.18. The number of hydrogen-bond acceptors (Lipinski definition) is 4. The molecule has 0 radical (unpaired) electrons. The van der Waals surface area contributed by atoms with Gasteiger partial charge in [0.2, 0.25) is 5.91 Å². The van der Waals surface area contributed by atoms with E-state index in [1.54, 1.807) is 0 Å². The van der Waals surface area contributed by atoms with Crippen LogP contribution in [0.15, 0.2) is 65.8 Å². The Morgan fingerprint density at radius 3 is 2.31 bits per heavy atom. The van der Waals surface area contributed by atoms with Crippen LogP contribution in [-0.4, -0.2) is 27.2 Å². The van der Waals surface area contributed by atoms with E-state index in [2.05, 4.69) is 16.4 Å². The molecule has 6 heteroatoms. The Labute approximate surface area is 174 Å². The molecule has 4 rings (SSSR count). The Morgan fingerprint density at radius 2 is 1.69 bits per heavy atom. The number of nitriles is 1. The Bertz CT molecular complexity index is 961. The molecule has 1 aromatic heterocycles. The molecule has 0 saturated heterocycles. The third-order valence-corrected chi connectivity index (χ3v) is 6.05. The van der Waals surface area contributed by atoms with Crippen LogP contribution in [0.4, 0.5) is 0 Å². The van der Waals surface area contributed by atoms with Gasteiger partial charge in [0.05, 0.1) is 23.2 Å². The van der Waals surface area contributed by atoms with Crippen LogP contribution in [0.5, 0.6) is 0 Å². The third kappa shape index (κ3) is 4.36. The molecule has 1 heterocycles. The van der Waals surface area contributed by atoms with Crippen molar-refractivity contribution in [3.05, 3.63) is 60.7 Å². The summed E-state index contributed by atoms with van der Waals surface area (Å²) >= 11 is 1.36. The molecule has 1 aliphatic carbocycles. The predicted molar refractivity (Wildman–Crippen MR) is 115 cm³/mol. The van der Waals surface area contributed by atoms with Crippen LogP contribution in [0, 0.1) is 11.3 Å². The smallest absolute Gasteiger partial charge is 0.231 e. The zero-order valence-electron chi connectivity index (χ0n) is 16.0. The second-order valence-electron chi connectivity index (χ2n) is 7.24. The molecule has 2 aromatic carbocycles. The number of benzene rings is 2. The van der Waals surface area contributed by atoms with Crippen LogP contribution in [0.3, 0.4) is 0 Å². The van der Waals surface area contributed by atoms with Crippen molar-refractivity contribution in [1.82, 2.24) is 15.3 Å². The first-order chi connectivity index (χ1) is 14.2. The summed E-state index contributed by atoms with van der Waals surface area (Å²) in [4.78, 5) is 20.6. The van der Waals surface area contributed by atoms with Gasteiger partial charge in [0, 0.05) is 11.1 Å². The zero-order valence-corrected chi connectivity index (χ0v) is 16.8. The minimum atomic E-state index is -0.689. The van der Waals surface area contributed by atoms with Gasteiger partial charge in [-0.15, -0.1) is 0 Å². The highest BCUT2D eigenvalue weighted by Crippen LogP contribution is 2.33. The summed E-state index contributed by atoms with van der Waals surface area (Å²) in [5.41, 5.74) is 3.18. The molecule has 1 fully saturated rings. The van der Waals surface area contributed by atoms with Crippen molar-refractivity contribution >= 4 is 17.7 Å². The fraction of sp³-hybridized carbons (Fsp3) is 0.261. The van der Waals surface area contributed by atoms with Crippen molar-refractivity contribution in [3.8, 4) is 28.6 Å². The highest BCUT2D eigenvalue weighted by Gasteiger charge is 2.35. The van der Waals surface area contributed by atoms with Crippen LogP contribution in [-0.2, 0) is 4.79 Å². The van der Waals surface area contributed by atoms with E-state index in [4.69, 9.17) is 4.98 Å². The molecule has 0 aliphatic heterocycles. The number of nitrogens with one attached hydrogen (secondary N) is 2. The Balaban J connectivity index is 1.53. The summed E-state index contributed by atoms with van der Waals surface area (Å²) in [6.45, 7) is 0. The molecule has 146 valence electrons. The second kappa shape index (κ2) is 8.54. The first-order valence-corrected chi connectivity index (χ1v) is 10.7. The standard InChI is InChI=1S/C23H22N4OS/c24-16-23(13-7-8-14-23)27-19(28)15-29-22-25-20(17-9-3-1-4-10-17)21(26-22)18-11-5-2-6-12-18/h1-6,9-12H,7-8,13-15H2,(H,25,26)(H,27,28). The van der Waals surface area contributed by atoms with Crippen LogP contribution in [0.2, 0.25) is 0 Å². The van der Waals surface area contributed by atoms with Gasteiger partial charge in [0.1, 0.15) is 5.54 Å². The molecule has 0 unspecified atom stereocenters. The highest BCUT2D eigenvalue weighted by atomic mass is 32.2. The molecule has 1 saturated carbocycles. The van der Waals surface area contributed by atoms with Crippen molar-refractivity contribution in [1.29, 1.82) is 5.26 Å². The number of H-pyrrole nitrogens is 1. The summed E-state index contributed by atoms with van der Waals surface area (Å²) in [6.07, 6.45) is 3.44. The van der Waals surface area contributed by atoms with Crippen molar-refractivity contribution in [2.24, 2.45) is 0 Å². The van der Waals surface area contributed by atoms with Gasteiger partial charge >= 0.3 is 0 Å². The summed E-state index contributed by atoms with van der Waals surface area (Å²) in [5, 5.41) is 13.1. The van der Waals surface area contributed by atoms with Crippen molar-refractivity contribution in [2.45, 2.75) is 36.4 Å². The van der Waals surface area contributed by atoms with E-state index in [1.165, 1.54) is 11.8 Å². The summed E-state index contributed by atoms with van der Waals surface area (Å²) in [5.74, 6) is 0.0942. The van der Waals surface area contributed by atoms with Gasteiger partial charge in [-0.25, -0.2) is 4.98 Å². The molecule has 3 aromatic rings. The molecule has 29 heavy (non-hydrogen) atoms. The van der Waals surface area contributed by atoms with Crippen molar-refractivity contribution in [3.63, 3.8) is 0 Å². The van der Waals surface area contributed by atoms with Crippen LogP contribution >= 0.6 is 11.8 Å². The zero-order chi connectivity index (χ0) is 20.1. The number of rotatable bonds is 6. The number of imidazole rings is 1. The molecule has 0 spiro atoms. The van der Waals surface area contributed by atoms with Gasteiger partial charge in [-0.2, -0.15) is 5.26 Å². The maximum Gasteiger partial charge on any atom is 0.231 e. The van der Waals surface area contributed by atoms with Gasteiger partial charge in [-0.3, -0.25) is 4.79 Å². The van der Waals surface area contributed by atoms with E-state index in [9.17, 15) is 10.1 Å². The number of carbonyl (C=O) groups is 1. The number of thioether (sulfide) groups is 1. The highest BCUT2D eigenvalue weighted by molar-refractivity contribution is 7.99. The van der Waals surface area contributed by atoms with E-state index in [0.29, 0.717) is 5.16 Å². The van der Waals surface area contributed by atoms with Crippen LogP contribution < -0.4 is 5.32 Å². The van der Waals surface area contributed by atoms with E-state index < -0.39 is 5.54 Å². The normalized spacial score (nSPS) is 15.0. The Morgan fingerprint density at radius 1 is 1.07 bits per heavy atom. The molecule has 0 atom stereocenters. The lowest BCUT2D eigenvalue weighted by Crippen LogP contribution is -2.45. The number of aromatic amines is 1. The van der Waals surface area contributed by atoms with Crippen molar-refractivity contribution < 1.29 is 4.79 Å². The first-order valence-electron chi connectivity index (χ1n) is 9.75. The molecular weight excluding hydrogens is 380 g/mol. The maximum absolute atomic E-state index is 12.4. The molecule has 5 nitrogen and oxygen atoms in total. The number of carbonyl (C=O) groups excluding carboxylic acids is 1. The van der Waals surface area contributed by atoms with Crippen LogP contribution in [0.1, 0.15) is 25.7 Å². The largest absolute Gasteiger partial charge is 0.337 e. The van der Waals surface area contributed by atoms with E-state index in [0.717, 1.165) is 48.2 Å². The summed E-state index contributed by atoms with van der Waals surface area (Å²) in [7, 11) is 0. The average Bonchev–Trinajstić information content (AvgIpc) is 3.41. The molecular formula is C23H22N4OS.